The Balaban J connectivity index is 1.32. The number of fused-ring (bicyclic) bond motifs is 2. The van der Waals surface area contributed by atoms with Crippen molar-refractivity contribution in [3.8, 4) is 0 Å². The summed E-state index contributed by atoms with van der Waals surface area (Å²) in [7, 11) is 0. The van der Waals surface area contributed by atoms with Crippen molar-refractivity contribution < 1.29 is 4.74 Å². The Kier molecular flexibility index (Phi) is 5.81. The number of rotatable bonds is 5. The average Bonchev–Trinajstić information content (AvgIpc) is 3.19. The van der Waals surface area contributed by atoms with Gasteiger partial charge in [0, 0.05) is 31.4 Å². The van der Waals surface area contributed by atoms with Gasteiger partial charge in [0.15, 0.2) is 0 Å². The van der Waals surface area contributed by atoms with Gasteiger partial charge in [0.05, 0.1) is 24.3 Å². The van der Waals surface area contributed by atoms with Crippen LogP contribution in [0.2, 0.25) is 0 Å². The van der Waals surface area contributed by atoms with Crippen molar-refractivity contribution in [1.29, 1.82) is 0 Å². The quantitative estimate of drug-likeness (QED) is 0.722. The maximum absolute atomic E-state index is 6.04. The molecule has 1 spiro atoms. The van der Waals surface area contributed by atoms with E-state index in [-0.39, 0.29) is 5.41 Å². The lowest BCUT2D eigenvalue weighted by Crippen LogP contribution is -2.42. The highest BCUT2D eigenvalue weighted by atomic mass is 16.5. The number of hydrogen-bond acceptors (Lipinski definition) is 5. The molecule has 164 valence electrons. The van der Waals surface area contributed by atoms with Crippen molar-refractivity contribution in [2.24, 2.45) is 11.8 Å². The highest BCUT2D eigenvalue weighted by Crippen LogP contribution is 2.40. The van der Waals surface area contributed by atoms with Gasteiger partial charge < -0.3 is 15.0 Å². The molecule has 1 fully saturated rings. The van der Waals surface area contributed by atoms with Crippen molar-refractivity contribution in [1.82, 2.24) is 14.9 Å². The van der Waals surface area contributed by atoms with E-state index in [1.54, 1.807) is 5.57 Å². The first-order valence-corrected chi connectivity index (χ1v) is 11.7. The summed E-state index contributed by atoms with van der Waals surface area (Å²) in [6.45, 7) is 10.2. The van der Waals surface area contributed by atoms with E-state index in [9.17, 15) is 0 Å². The molecule has 5 nitrogen and oxygen atoms in total. The molecule has 2 aromatic rings. The topological polar surface area (TPSA) is 50.3 Å². The zero-order valence-electron chi connectivity index (χ0n) is 18.8. The molecule has 2 aliphatic heterocycles. The minimum Gasteiger partial charge on any atom is -0.376 e. The van der Waals surface area contributed by atoms with E-state index in [1.807, 2.05) is 12.3 Å². The van der Waals surface area contributed by atoms with Crippen molar-refractivity contribution in [3.63, 3.8) is 0 Å². The van der Waals surface area contributed by atoms with Gasteiger partial charge in [-0.2, -0.15) is 0 Å². The second kappa shape index (κ2) is 8.71. The van der Waals surface area contributed by atoms with Crippen LogP contribution in [0.15, 0.2) is 48.2 Å². The van der Waals surface area contributed by atoms with E-state index in [4.69, 9.17) is 9.72 Å². The van der Waals surface area contributed by atoms with Gasteiger partial charge >= 0.3 is 0 Å². The summed E-state index contributed by atoms with van der Waals surface area (Å²) >= 11 is 0. The zero-order valence-corrected chi connectivity index (χ0v) is 18.8. The van der Waals surface area contributed by atoms with Gasteiger partial charge in [-0.25, -0.2) is 9.97 Å². The molecule has 0 bridgehead atoms. The molecule has 1 N–H and O–H groups in total. The largest absolute Gasteiger partial charge is 0.376 e. The lowest BCUT2D eigenvalue weighted by molar-refractivity contribution is 0.0497. The van der Waals surface area contributed by atoms with Crippen LogP contribution < -0.4 is 5.32 Å². The normalized spacial score (nSPS) is 28.4. The molecule has 1 aromatic heterocycles. The lowest BCUT2D eigenvalue weighted by atomic mass is 9.79. The first-order chi connectivity index (χ1) is 15.1. The maximum atomic E-state index is 6.04. The number of benzene rings is 1. The molecule has 5 rings (SSSR count). The highest BCUT2D eigenvalue weighted by Gasteiger charge is 2.45. The number of aromatic nitrogens is 2. The molecule has 3 aliphatic rings. The second-order valence-corrected chi connectivity index (χ2v) is 9.77. The molecule has 1 saturated heterocycles. The van der Waals surface area contributed by atoms with Crippen molar-refractivity contribution >= 4 is 5.95 Å². The van der Waals surface area contributed by atoms with E-state index in [0.29, 0.717) is 12.5 Å². The van der Waals surface area contributed by atoms with Gasteiger partial charge in [0.1, 0.15) is 0 Å². The summed E-state index contributed by atoms with van der Waals surface area (Å²) in [5.41, 5.74) is 5.17. The molecule has 0 saturated carbocycles. The van der Waals surface area contributed by atoms with Crippen LogP contribution in [-0.2, 0) is 23.3 Å². The Morgan fingerprint density at radius 2 is 2.13 bits per heavy atom. The fourth-order valence-electron chi connectivity index (χ4n) is 5.66. The number of anilines is 1. The molecule has 31 heavy (non-hydrogen) atoms. The third-order valence-corrected chi connectivity index (χ3v) is 7.54. The van der Waals surface area contributed by atoms with Crippen LogP contribution in [0.25, 0.3) is 0 Å². The van der Waals surface area contributed by atoms with Crippen LogP contribution in [0.3, 0.4) is 0 Å². The van der Waals surface area contributed by atoms with E-state index < -0.39 is 0 Å². The third-order valence-electron chi connectivity index (χ3n) is 7.54. The molecule has 0 amide bonds. The number of ether oxygens (including phenoxy) is 1. The summed E-state index contributed by atoms with van der Waals surface area (Å²) in [4.78, 5) is 12.3. The van der Waals surface area contributed by atoms with Gasteiger partial charge in [0.2, 0.25) is 5.95 Å². The van der Waals surface area contributed by atoms with E-state index in [0.717, 1.165) is 56.6 Å². The number of allylic oxidation sites excluding steroid dienone is 1. The SMILES string of the molecule is CC1=CCC[C@H](C)[C@H]1CN1CC[C@@]2(COCc3cnc(NCc4ccccc4)nc32)C1. The molecule has 3 heterocycles. The van der Waals surface area contributed by atoms with Crippen LogP contribution in [0.1, 0.15) is 49.9 Å². The third kappa shape index (κ3) is 4.26. The monoisotopic (exact) mass is 418 g/mol. The number of hydrogen-bond donors (Lipinski definition) is 1. The van der Waals surface area contributed by atoms with E-state index in [2.05, 4.69) is 59.4 Å². The number of nitrogens with zero attached hydrogens (tertiary/aromatic N) is 3. The molecule has 5 heteroatoms. The predicted molar refractivity (Wildman–Crippen MR) is 124 cm³/mol. The Labute approximate surface area is 185 Å². The fourth-order valence-corrected chi connectivity index (χ4v) is 5.66. The summed E-state index contributed by atoms with van der Waals surface area (Å²) < 4.78 is 6.04. The molecule has 1 aromatic carbocycles. The van der Waals surface area contributed by atoms with Gasteiger partial charge in [0.25, 0.3) is 0 Å². The number of likely N-dealkylation sites (tertiary alicyclic amines) is 1. The summed E-state index contributed by atoms with van der Waals surface area (Å²) in [5.74, 6) is 2.18. The van der Waals surface area contributed by atoms with Crippen LogP contribution in [0, 0.1) is 11.8 Å². The van der Waals surface area contributed by atoms with Crippen LogP contribution in [-0.4, -0.2) is 41.1 Å². The molecule has 1 aliphatic carbocycles. The average molecular weight is 419 g/mol. The van der Waals surface area contributed by atoms with E-state index >= 15 is 0 Å². The van der Waals surface area contributed by atoms with Crippen molar-refractivity contribution in [3.05, 3.63) is 65.0 Å². The Morgan fingerprint density at radius 3 is 2.97 bits per heavy atom. The van der Waals surface area contributed by atoms with Gasteiger partial charge in [-0.3, -0.25) is 0 Å². The lowest BCUT2D eigenvalue weighted by Gasteiger charge is -2.36. The zero-order chi connectivity index (χ0) is 21.3. The molecule has 0 radical (unpaired) electrons. The van der Waals surface area contributed by atoms with Crippen LogP contribution in [0.4, 0.5) is 5.95 Å². The molecule has 3 atom stereocenters. The molecular formula is C26H34N4O. The maximum Gasteiger partial charge on any atom is 0.223 e. The van der Waals surface area contributed by atoms with Gasteiger partial charge in [-0.05, 0) is 50.1 Å². The first kappa shape index (κ1) is 20.7. The van der Waals surface area contributed by atoms with Crippen molar-refractivity contribution in [2.75, 3.05) is 31.6 Å². The van der Waals surface area contributed by atoms with Crippen molar-refractivity contribution in [2.45, 2.75) is 51.7 Å². The smallest absolute Gasteiger partial charge is 0.223 e. The summed E-state index contributed by atoms with van der Waals surface area (Å²) in [6, 6.07) is 10.4. The highest BCUT2D eigenvalue weighted by molar-refractivity contribution is 5.37. The Hall–Kier alpha value is -2.24. The standard InChI is InChI=1S/C26H34N4O/c1-19-7-6-8-20(2)23(19)15-30-12-11-26(17-30)18-31-16-22-14-28-25(29-24(22)26)27-13-21-9-4-3-5-10-21/h3-5,7,9-10,14,20,23H,6,8,11-13,15-18H2,1-2H3,(H,27,28,29)/t20-,23-,26-/m0/s1. The summed E-state index contributed by atoms with van der Waals surface area (Å²) in [6.07, 6.45) is 8.09. The summed E-state index contributed by atoms with van der Waals surface area (Å²) in [5, 5.41) is 3.42. The van der Waals surface area contributed by atoms with E-state index in [1.165, 1.54) is 24.1 Å². The number of nitrogens with one attached hydrogen (secondary N) is 1. The first-order valence-electron chi connectivity index (χ1n) is 11.7. The minimum absolute atomic E-state index is 0.00474. The molecular weight excluding hydrogens is 384 g/mol. The van der Waals surface area contributed by atoms with Gasteiger partial charge in [-0.1, -0.05) is 48.9 Å². The Morgan fingerprint density at radius 1 is 1.26 bits per heavy atom. The van der Waals surface area contributed by atoms with Crippen LogP contribution in [0.5, 0.6) is 0 Å². The predicted octanol–water partition coefficient (Wildman–Crippen LogP) is 4.55. The van der Waals surface area contributed by atoms with Gasteiger partial charge in [-0.15, -0.1) is 0 Å². The fraction of sp³-hybridized carbons (Fsp3) is 0.538. The molecule has 0 unspecified atom stereocenters. The van der Waals surface area contributed by atoms with Crippen LogP contribution >= 0.6 is 0 Å². The Bertz CT molecular complexity index is 944. The minimum atomic E-state index is -0.00474. The second-order valence-electron chi connectivity index (χ2n) is 9.77.